The third kappa shape index (κ3) is 4.16. The van der Waals surface area contributed by atoms with Crippen LogP contribution in [0.1, 0.15) is 0 Å². The zero-order valence-corrected chi connectivity index (χ0v) is 16.2. The number of pyridine rings is 1. The molecule has 6 nitrogen and oxygen atoms in total. The van der Waals surface area contributed by atoms with E-state index in [1.54, 1.807) is 24.6 Å². The third-order valence-corrected chi connectivity index (χ3v) is 5.49. The van der Waals surface area contributed by atoms with Gasteiger partial charge in [-0.1, -0.05) is 0 Å². The van der Waals surface area contributed by atoms with Crippen molar-refractivity contribution in [3.05, 3.63) is 47.5 Å². The monoisotopic (exact) mass is 381 g/mol. The Morgan fingerprint density at radius 2 is 2.00 bits per heavy atom. The van der Waals surface area contributed by atoms with E-state index in [1.165, 1.54) is 0 Å². The smallest absolute Gasteiger partial charge is 0.225 e. The molecule has 1 aliphatic rings. The summed E-state index contributed by atoms with van der Waals surface area (Å²) in [7, 11) is 1.75. The number of nitrogens with zero attached hydrogens (tertiary/aromatic N) is 5. The first-order valence-electron chi connectivity index (χ1n) is 9.11. The van der Waals surface area contributed by atoms with Crippen LogP contribution in [0.3, 0.4) is 0 Å². The largest absolute Gasteiger partial charge is 0.383 e. The minimum Gasteiger partial charge on any atom is -0.383 e. The summed E-state index contributed by atoms with van der Waals surface area (Å²) in [6.45, 7) is 5.60. The van der Waals surface area contributed by atoms with Crippen molar-refractivity contribution in [3.63, 3.8) is 0 Å². The van der Waals surface area contributed by atoms with Crippen LogP contribution in [-0.4, -0.2) is 66.3 Å². The van der Waals surface area contributed by atoms with Crippen LogP contribution in [0.4, 0.5) is 5.95 Å². The van der Waals surface area contributed by atoms with Gasteiger partial charge in [0.2, 0.25) is 5.95 Å². The number of piperazine rings is 1. The van der Waals surface area contributed by atoms with Gasteiger partial charge in [0.1, 0.15) is 0 Å². The van der Waals surface area contributed by atoms with Crippen molar-refractivity contribution in [2.75, 3.05) is 51.3 Å². The average Bonchev–Trinajstić information content (AvgIpc) is 3.27. The molecule has 3 aromatic heterocycles. The van der Waals surface area contributed by atoms with E-state index in [2.05, 4.69) is 42.7 Å². The number of rotatable bonds is 6. The molecule has 0 radical (unpaired) electrons. The summed E-state index contributed by atoms with van der Waals surface area (Å²) in [5.74, 6) is 0.791. The predicted octanol–water partition coefficient (Wildman–Crippen LogP) is 3.04. The van der Waals surface area contributed by atoms with Gasteiger partial charge in [-0.15, -0.1) is 0 Å². The maximum atomic E-state index is 5.18. The van der Waals surface area contributed by atoms with Crippen molar-refractivity contribution in [3.8, 4) is 22.4 Å². The third-order valence-electron chi connectivity index (χ3n) is 4.81. The molecule has 0 amide bonds. The Kier molecular flexibility index (Phi) is 5.72. The Morgan fingerprint density at radius 1 is 1.11 bits per heavy atom. The van der Waals surface area contributed by atoms with E-state index in [0.29, 0.717) is 0 Å². The lowest BCUT2D eigenvalue weighted by atomic mass is 10.0. The van der Waals surface area contributed by atoms with Crippen molar-refractivity contribution in [1.82, 2.24) is 19.9 Å². The molecule has 0 aliphatic carbocycles. The zero-order valence-electron chi connectivity index (χ0n) is 15.4. The van der Waals surface area contributed by atoms with E-state index >= 15 is 0 Å². The van der Waals surface area contributed by atoms with E-state index in [0.717, 1.165) is 67.7 Å². The number of aromatic nitrogens is 3. The molecular formula is C20H23N5OS. The molecule has 0 aromatic carbocycles. The number of thiophene rings is 1. The van der Waals surface area contributed by atoms with E-state index in [1.807, 2.05) is 18.5 Å². The normalized spacial score (nSPS) is 15.2. The van der Waals surface area contributed by atoms with Crippen molar-refractivity contribution >= 4 is 17.3 Å². The van der Waals surface area contributed by atoms with Crippen LogP contribution >= 0.6 is 11.3 Å². The highest BCUT2D eigenvalue weighted by Crippen LogP contribution is 2.32. The molecule has 0 saturated carbocycles. The molecule has 1 aliphatic heterocycles. The van der Waals surface area contributed by atoms with Gasteiger partial charge < -0.3 is 9.64 Å². The number of methoxy groups -OCH3 is 1. The van der Waals surface area contributed by atoms with E-state index in [9.17, 15) is 0 Å². The molecule has 27 heavy (non-hydrogen) atoms. The van der Waals surface area contributed by atoms with E-state index in [4.69, 9.17) is 9.72 Å². The first-order chi connectivity index (χ1) is 13.3. The molecule has 3 aromatic rings. The molecule has 1 saturated heterocycles. The average molecular weight is 382 g/mol. The van der Waals surface area contributed by atoms with Gasteiger partial charge in [-0.2, -0.15) is 11.3 Å². The minimum absolute atomic E-state index is 0.775. The fraction of sp³-hybridized carbons (Fsp3) is 0.350. The molecule has 7 heteroatoms. The number of anilines is 1. The van der Waals surface area contributed by atoms with Gasteiger partial charge in [-0.05, 0) is 34.5 Å². The second-order valence-electron chi connectivity index (χ2n) is 6.51. The van der Waals surface area contributed by atoms with Gasteiger partial charge in [0.05, 0.1) is 12.3 Å². The number of hydrogen-bond donors (Lipinski definition) is 0. The lowest BCUT2D eigenvalue weighted by Gasteiger charge is -2.34. The molecule has 0 spiro atoms. The van der Waals surface area contributed by atoms with Gasteiger partial charge in [0, 0.05) is 69.6 Å². The maximum absolute atomic E-state index is 5.18. The zero-order chi connectivity index (χ0) is 18.5. The molecule has 0 atom stereocenters. The summed E-state index contributed by atoms with van der Waals surface area (Å²) in [4.78, 5) is 18.6. The highest BCUT2D eigenvalue weighted by molar-refractivity contribution is 7.08. The topological polar surface area (TPSA) is 54.4 Å². The Balaban J connectivity index is 1.60. The Labute approximate surface area is 163 Å². The van der Waals surface area contributed by atoms with Crippen molar-refractivity contribution in [2.45, 2.75) is 0 Å². The number of hydrogen-bond acceptors (Lipinski definition) is 7. The van der Waals surface area contributed by atoms with Crippen LogP contribution in [-0.2, 0) is 4.74 Å². The van der Waals surface area contributed by atoms with Crippen molar-refractivity contribution in [1.29, 1.82) is 0 Å². The fourth-order valence-electron chi connectivity index (χ4n) is 3.27. The summed E-state index contributed by atoms with van der Waals surface area (Å²) in [6.07, 6.45) is 5.60. The van der Waals surface area contributed by atoms with Crippen LogP contribution < -0.4 is 4.90 Å². The highest BCUT2D eigenvalue weighted by atomic mass is 32.1. The van der Waals surface area contributed by atoms with Gasteiger partial charge in [-0.3, -0.25) is 9.88 Å². The first kappa shape index (κ1) is 18.0. The fourth-order valence-corrected chi connectivity index (χ4v) is 3.92. The second-order valence-corrected chi connectivity index (χ2v) is 7.29. The van der Waals surface area contributed by atoms with E-state index < -0.39 is 0 Å². The quantitative estimate of drug-likeness (QED) is 0.654. The molecule has 140 valence electrons. The van der Waals surface area contributed by atoms with Crippen LogP contribution in [0.15, 0.2) is 47.5 Å². The van der Waals surface area contributed by atoms with Gasteiger partial charge in [0.25, 0.3) is 0 Å². The van der Waals surface area contributed by atoms with Gasteiger partial charge in [0.15, 0.2) is 0 Å². The summed E-state index contributed by atoms with van der Waals surface area (Å²) >= 11 is 1.68. The number of ether oxygens (including phenoxy) is 1. The summed E-state index contributed by atoms with van der Waals surface area (Å²) in [6, 6.07) is 6.11. The molecule has 1 fully saturated rings. The predicted molar refractivity (Wildman–Crippen MR) is 109 cm³/mol. The molecule has 0 bridgehead atoms. The summed E-state index contributed by atoms with van der Waals surface area (Å²) < 4.78 is 5.18. The lowest BCUT2D eigenvalue weighted by Crippen LogP contribution is -2.47. The van der Waals surface area contributed by atoms with Crippen LogP contribution in [0.2, 0.25) is 0 Å². The minimum atomic E-state index is 0.775. The SMILES string of the molecule is COCCN1CCN(c2ncc(-c3ccsc3)c(-c3cccnc3)n2)CC1. The van der Waals surface area contributed by atoms with E-state index in [-0.39, 0.29) is 0 Å². The summed E-state index contributed by atoms with van der Waals surface area (Å²) in [5.41, 5.74) is 4.15. The Bertz CT molecular complexity index is 848. The Hall–Kier alpha value is -2.35. The van der Waals surface area contributed by atoms with Crippen LogP contribution in [0.5, 0.6) is 0 Å². The van der Waals surface area contributed by atoms with Crippen molar-refractivity contribution < 1.29 is 4.74 Å². The molecule has 0 N–H and O–H groups in total. The summed E-state index contributed by atoms with van der Waals surface area (Å²) in [5, 5.41) is 4.21. The second kappa shape index (κ2) is 8.56. The van der Waals surface area contributed by atoms with Crippen LogP contribution in [0.25, 0.3) is 22.4 Å². The lowest BCUT2D eigenvalue weighted by molar-refractivity contribution is 0.143. The van der Waals surface area contributed by atoms with Crippen LogP contribution in [0, 0.1) is 0 Å². The molecule has 4 rings (SSSR count). The first-order valence-corrected chi connectivity index (χ1v) is 10.1. The Morgan fingerprint density at radius 3 is 2.70 bits per heavy atom. The highest BCUT2D eigenvalue weighted by Gasteiger charge is 2.20. The maximum Gasteiger partial charge on any atom is 0.225 e. The molecular weight excluding hydrogens is 358 g/mol. The van der Waals surface area contributed by atoms with Crippen molar-refractivity contribution in [2.24, 2.45) is 0 Å². The molecule has 4 heterocycles. The molecule has 0 unspecified atom stereocenters. The van der Waals surface area contributed by atoms with Gasteiger partial charge in [-0.25, -0.2) is 9.97 Å². The van der Waals surface area contributed by atoms with Gasteiger partial charge >= 0.3 is 0 Å². The standard InChI is InChI=1S/C20H23N5OS/c1-26-11-10-24-6-8-25(9-7-24)20-22-14-18(17-4-12-27-15-17)19(23-20)16-3-2-5-21-13-16/h2-5,12-15H,6-11H2,1H3.